The van der Waals surface area contributed by atoms with Crippen LogP contribution < -0.4 is 5.32 Å². The summed E-state index contributed by atoms with van der Waals surface area (Å²) in [5.74, 6) is 0. The third kappa shape index (κ3) is 6.33. The van der Waals surface area contributed by atoms with Crippen molar-refractivity contribution in [2.24, 2.45) is 0 Å². The second kappa shape index (κ2) is 8.59. The van der Waals surface area contributed by atoms with Crippen molar-refractivity contribution < 1.29 is 8.42 Å². The number of nitrogens with one attached hydrogen (secondary N) is 1. The second-order valence-corrected chi connectivity index (χ2v) is 9.74. The molecule has 1 aromatic rings. The Kier molecular flexibility index (Phi) is 7.80. The smallest absolute Gasteiger partial charge is 0.281 e. The summed E-state index contributed by atoms with van der Waals surface area (Å²) in [5.41, 5.74) is 0.993. The van der Waals surface area contributed by atoms with Crippen LogP contribution in [0.25, 0.3) is 0 Å². The van der Waals surface area contributed by atoms with Crippen LogP contribution in [0.15, 0.2) is 15.2 Å². The van der Waals surface area contributed by atoms with Gasteiger partial charge in [0.1, 0.15) is 0 Å². The van der Waals surface area contributed by atoms with Crippen LogP contribution in [0, 0.1) is 0 Å². The van der Waals surface area contributed by atoms with Crippen molar-refractivity contribution in [3.8, 4) is 0 Å². The minimum atomic E-state index is -3.40. The summed E-state index contributed by atoms with van der Waals surface area (Å²) in [6.07, 6.45) is 0.797. The summed E-state index contributed by atoms with van der Waals surface area (Å²) >= 11 is 4.95. The van der Waals surface area contributed by atoms with Crippen molar-refractivity contribution in [1.29, 1.82) is 0 Å². The molecule has 0 aliphatic rings. The monoisotopic (exact) mass is 397 g/mol. The summed E-state index contributed by atoms with van der Waals surface area (Å²) in [4.78, 5) is 0. The van der Waals surface area contributed by atoms with E-state index in [9.17, 15) is 8.42 Å². The molecule has 0 amide bonds. The fraction of sp³-hybridized carbons (Fsp3) is 0.692. The second-order valence-electron chi connectivity index (χ2n) is 5.31. The lowest BCUT2D eigenvalue weighted by atomic mass is 10.3. The zero-order chi connectivity index (χ0) is 16.0. The average Bonchev–Trinajstić information content (AvgIpc) is 2.79. The Balaban J connectivity index is 2.50. The van der Waals surface area contributed by atoms with E-state index in [1.807, 2.05) is 11.4 Å². The summed E-state index contributed by atoms with van der Waals surface area (Å²) < 4.78 is 28.6. The third-order valence-corrected chi connectivity index (χ3v) is 6.46. The van der Waals surface area contributed by atoms with Crippen molar-refractivity contribution in [3.63, 3.8) is 0 Å². The van der Waals surface area contributed by atoms with Crippen LogP contribution in [0.1, 0.15) is 25.8 Å². The zero-order valence-corrected chi connectivity index (χ0v) is 16.2. The van der Waals surface area contributed by atoms with Crippen LogP contribution in [0.2, 0.25) is 0 Å². The molecule has 0 aliphatic heterocycles. The van der Waals surface area contributed by atoms with Crippen LogP contribution in [0.3, 0.4) is 0 Å². The summed E-state index contributed by atoms with van der Waals surface area (Å²) in [7, 11) is -0.156. The standard InChI is InChI=1S/C13H24BrN3O2S2/c1-11(2)15-6-5-7-16(3)21(18,19)17(4)9-12-8-13(14)20-10-12/h8,10-11,15H,5-7,9H2,1-4H3. The van der Waals surface area contributed by atoms with E-state index in [-0.39, 0.29) is 0 Å². The normalized spacial score (nSPS) is 12.8. The van der Waals surface area contributed by atoms with E-state index in [0.717, 1.165) is 22.3 Å². The van der Waals surface area contributed by atoms with Crippen molar-refractivity contribution in [2.45, 2.75) is 32.9 Å². The third-order valence-electron chi connectivity index (χ3n) is 3.02. The number of halogens is 1. The highest BCUT2D eigenvalue weighted by Crippen LogP contribution is 2.22. The van der Waals surface area contributed by atoms with Gasteiger partial charge in [0, 0.05) is 33.2 Å². The molecule has 8 heteroatoms. The molecule has 1 heterocycles. The van der Waals surface area contributed by atoms with E-state index in [0.29, 0.717) is 19.1 Å². The molecule has 0 saturated heterocycles. The SMILES string of the molecule is CC(C)NCCCN(C)S(=O)(=O)N(C)Cc1csc(Br)c1. The summed E-state index contributed by atoms with van der Waals surface area (Å²) in [5, 5.41) is 5.25. The van der Waals surface area contributed by atoms with Crippen molar-refractivity contribution in [3.05, 3.63) is 20.8 Å². The predicted octanol–water partition coefficient (Wildman–Crippen LogP) is 2.51. The van der Waals surface area contributed by atoms with Gasteiger partial charge in [0.25, 0.3) is 10.2 Å². The molecule has 0 radical (unpaired) electrons. The molecule has 0 bridgehead atoms. The van der Waals surface area contributed by atoms with Crippen LogP contribution in [-0.4, -0.2) is 50.3 Å². The number of hydrogen-bond acceptors (Lipinski definition) is 4. The maximum atomic E-state index is 12.4. The van der Waals surface area contributed by atoms with Gasteiger partial charge in [-0.2, -0.15) is 17.0 Å². The molecule has 0 atom stereocenters. The first-order valence-electron chi connectivity index (χ1n) is 6.87. The Hall–Kier alpha value is 0.01000. The average molecular weight is 398 g/mol. The van der Waals surface area contributed by atoms with Crippen molar-refractivity contribution in [2.75, 3.05) is 27.2 Å². The van der Waals surface area contributed by atoms with Gasteiger partial charge < -0.3 is 5.32 Å². The van der Waals surface area contributed by atoms with Crippen LogP contribution in [0.5, 0.6) is 0 Å². The minimum absolute atomic E-state index is 0.388. The zero-order valence-electron chi connectivity index (χ0n) is 13.0. The fourth-order valence-corrected chi connectivity index (χ4v) is 4.16. The topological polar surface area (TPSA) is 52.7 Å². The molecular weight excluding hydrogens is 374 g/mol. The van der Waals surface area contributed by atoms with Gasteiger partial charge in [0.05, 0.1) is 3.79 Å². The lowest BCUT2D eigenvalue weighted by molar-refractivity contribution is 0.382. The van der Waals surface area contributed by atoms with Crippen LogP contribution in [-0.2, 0) is 16.8 Å². The lowest BCUT2D eigenvalue weighted by Crippen LogP contribution is -2.40. The molecule has 21 heavy (non-hydrogen) atoms. The molecule has 0 spiro atoms. The summed E-state index contributed by atoms with van der Waals surface area (Å²) in [6, 6.07) is 2.37. The van der Waals surface area contributed by atoms with Gasteiger partial charge in [-0.05, 0) is 45.9 Å². The van der Waals surface area contributed by atoms with Gasteiger partial charge in [-0.25, -0.2) is 0 Å². The van der Waals surface area contributed by atoms with E-state index >= 15 is 0 Å². The Morgan fingerprint density at radius 1 is 1.33 bits per heavy atom. The van der Waals surface area contributed by atoms with Gasteiger partial charge in [-0.3, -0.25) is 0 Å². The molecular formula is C13H24BrN3O2S2. The molecule has 0 aromatic carbocycles. The quantitative estimate of drug-likeness (QED) is 0.651. The first-order chi connectivity index (χ1) is 9.73. The molecule has 1 rings (SSSR count). The molecule has 0 fully saturated rings. The molecule has 5 nitrogen and oxygen atoms in total. The maximum absolute atomic E-state index is 12.4. The van der Waals surface area contributed by atoms with Crippen LogP contribution >= 0.6 is 27.3 Å². The van der Waals surface area contributed by atoms with E-state index < -0.39 is 10.2 Å². The Morgan fingerprint density at radius 2 is 2.00 bits per heavy atom. The number of rotatable bonds is 9. The van der Waals surface area contributed by atoms with Gasteiger partial charge in [-0.1, -0.05) is 13.8 Å². The van der Waals surface area contributed by atoms with Gasteiger partial charge >= 0.3 is 0 Å². The van der Waals surface area contributed by atoms with E-state index in [1.165, 1.54) is 8.61 Å². The van der Waals surface area contributed by atoms with Crippen molar-refractivity contribution >= 4 is 37.5 Å². The molecule has 122 valence electrons. The molecule has 0 saturated carbocycles. The fourth-order valence-electron chi connectivity index (χ4n) is 1.81. The maximum Gasteiger partial charge on any atom is 0.281 e. The Morgan fingerprint density at radius 3 is 2.52 bits per heavy atom. The van der Waals surface area contributed by atoms with Crippen LogP contribution in [0.4, 0.5) is 0 Å². The largest absolute Gasteiger partial charge is 0.314 e. The highest BCUT2D eigenvalue weighted by atomic mass is 79.9. The predicted molar refractivity (Wildman–Crippen MR) is 92.8 cm³/mol. The first kappa shape index (κ1) is 19.1. The van der Waals surface area contributed by atoms with E-state index in [4.69, 9.17) is 0 Å². The number of nitrogens with zero attached hydrogens (tertiary/aromatic N) is 2. The lowest BCUT2D eigenvalue weighted by Gasteiger charge is -2.24. The van der Waals surface area contributed by atoms with Gasteiger partial charge in [-0.15, -0.1) is 11.3 Å². The number of hydrogen-bond donors (Lipinski definition) is 1. The molecule has 0 aliphatic carbocycles. The highest BCUT2D eigenvalue weighted by molar-refractivity contribution is 9.11. The van der Waals surface area contributed by atoms with Gasteiger partial charge in [0.2, 0.25) is 0 Å². The Labute approximate surface area is 140 Å². The molecule has 0 unspecified atom stereocenters. The summed E-state index contributed by atoms with van der Waals surface area (Å²) in [6.45, 7) is 5.87. The van der Waals surface area contributed by atoms with E-state index in [2.05, 4.69) is 35.1 Å². The minimum Gasteiger partial charge on any atom is -0.314 e. The Bertz CT molecular complexity index is 531. The van der Waals surface area contributed by atoms with Gasteiger partial charge in [0.15, 0.2) is 0 Å². The first-order valence-corrected chi connectivity index (χ1v) is 9.94. The highest BCUT2D eigenvalue weighted by Gasteiger charge is 2.23. The number of thiophene rings is 1. The van der Waals surface area contributed by atoms with E-state index in [1.54, 1.807) is 25.4 Å². The van der Waals surface area contributed by atoms with Crippen molar-refractivity contribution in [1.82, 2.24) is 13.9 Å². The molecule has 1 aromatic heterocycles. The molecule has 1 N–H and O–H groups in total.